The highest BCUT2D eigenvalue weighted by Crippen LogP contribution is 2.38. The van der Waals surface area contributed by atoms with Gasteiger partial charge < -0.3 is 14.3 Å². The summed E-state index contributed by atoms with van der Waals surface area (Å²) in [7, 11) is 0. The van der Waals surface area contributed by atoms with Crippen LogP contribution in [0.4, 0.5) is 0 Å². The van der Waals surface area contributed by atoms with Gasteiger partial charge in [-0.05, 0) is 43.5 Å². The van der Waals surface area contributed by atoms with Crippen LogP contribution in [0.5, 0.6) is 5.75 Å². The standard InChI is InChI=1S/C29H24O6/c1-4-29(3,34-15-17-9-6-5-7-10-17)22-14-21(31)23-16(2)13-19-25(28(23)35-22)27(33)24-18(26(19)32)11-8-12-20(24)30/h5-14,30H,4,15H2,1-3H3/t29-/m1/s1. The van der Waals surface area contributed by atoms with Crippen molar-refractivity contribution in [3.05, 3.63) is 110 Å². The molecular weight excluding hydrogens is 444 g/mol. The average Bonchev–Trinajstić information content (AvgIpc) is 2.85. The fourth-order valence-electron chi connectivity index (χ4n) is 4.59. The van der Waals surface area contributed by atoms with Gasteiger partial charge in [-0.1, -0.05) is 49.4 Å². The van der Waals surface area contributed by atoms with E-state index in [2.05, 4.69) is 0 Å². The van der Waals surface area contributed by atoms with E-state index < -0.39 is 17.2 Å². The number of hydrogen-bond donors (Lipinski definition) is 1. The Morgan fingerprint density at radius 3 is 2.37 bits per heavy atom. The third kappa shape index (κ3) is 3.58. The SMILES string of the molecule is CC[C@@](C)(OCc1ccccc1)c1cc(=O)c2c(C)cc3c(c2o1)C(=O)c1c(O)cccc1C3=O. The zero-order chi connectivity index (χ0) is 24.9. The fourth-order valence-corrected chi connectivity index (χ4v) is 4.59. The van der Waals surface area contributed by atoms with Crippen LogP contribution >= 0.6 is 0 Å². The molecule has 6 heteroatoms. The van der Waals surface area contributed by atoms with Gasteiger partial charge in [0, 0.05) is 17.2 Å². The molecule has 0 bridgehead atoms. The van der Waals surface area contributed by atoms with E-state index in [1.165, 1.54) is 24.3 Å². The number of carbonyl (C=O) groups excluding carboxylic acids is 2. The van der Waals surface area contributed by atoms with Crippen molar-refractivity contribution in [2.45, 2.75) is 39.4 Å². The fraction of sp³-hybridized carbons (Fsp3) is 0.207. The zero-order valence-corrected chi connectivity index (χ0v) is 19.7. The summed E-state index contributed by atoms with van der Waals surface area (Å²) < 4.78 is 12.5. The smallest absolute Gasteiger partial charge is 0.202 e. The molecule has 176 valence electrons. The summed E-state index contributed by atoms with van der Waals surface area (Å²) in [6, 6.07) is 17.0. The van der Waals surface area contributed by atoms with Crippen LogP contribution in [-0.4, -0.2) is 16.7 Å². The van der Waals surface area contributed by atoms with Crippen molar-refractivity contribution in [3.8, 4) is 5.75 Å². The van der Waals surface area contributed by atoms with Crippen molar-refractivity contribution in [2.75, 3.05) is 0 Å². The molecule has 1 N–H and O–H groups in total. The van der Waals surface area contributed by atoms with Crippen LogP contribution in [0, 0.1) is 6.92 Å². The van der Waals surface area contributed by atoms with Crippen molar-refractivity contribution in [2.24, 2.45) is 0 Å². The number of benzene rings is 3. The molecule has 1 aliphatic rings. The van der Waals surface area contributed by atoms with Gasteiger partial charge >= 0.3 is 0 Å². The molecule has 0 aliphatic heterocycles. The first-order chi connectivity index (χ1) is 16.7. The van der Waals surface area contributed by atoms with Crippen molar-refractivity contribution in [1.82, 2.24) is 0 Å². The van der Waals surface area contributed by atoms with Crippen LogP contribution in [0.15, 0.2) is 69.9 Å². The third-order valence-electron chi connectivity index (χ3n) is 6.78. The largest absolute Gasteiger partial charge is 0.507 e. The summed E-state index contributed by atoms with van der Waals surface area (Å²) in [6.45, 7) is 5.76. The van der Waals surface area contributed by atoms with Gasteiger partial charge in [-0.3, -0.25) is 14.4 Å². The Bertz CT molecular complexity index is 1560. The minimum atomic E-state index is -0.957. The van der Waals surface area contributed by atoms with E-state index in [-0.39, 0.29) is 50.2 Å². The Kier molecular flexibility index (Phi) is 5.41. The molecule has 0 fully saturated rings. The van der Waals surface area contributed by atoms with E-state index in [0.29, 0.717) is 18.6 Å². The molecule has 4 aromatic rings. The van der Waals surface area contributed by atoms with Gasteiger partial charge in [-0.25, -0.2) is 0 Å². The van der Waals surface area contributed by atoms with Crippen LogP contribution in [0.3, 0.4) is 0 Å². The summed E-state index contributed by atoms with van der Waals surface area (Å²) in [5, 5.41) is 10.6. The van der Waals surface area contributed by atoms with E-state index in [0.717, 1.165) is 5.56 Å². The van der Waals surface area contributed by atoms with Crippen LogP contribution in [0.2, 0.25) is 0 Å². The molecule has 1 aromatic heterocycles. The molecule has 3 aromatic carbocycles. The summed E-state index contributed by atoms with van der Waals surface area (Å²) in [5.41, 5.74) is 0.453. The maximum Gasteiger partial charge on any atom is 0.202 e. The van der Waals surface area contributed by atoms with Crippen molar-refractivity contribution in [1.29, 1.82) is 0 Å². The number of aromatic hydroxyl groups is 1. The Balaban J connectivity index is 1.71. The van der Waals surface area contributed by atoms with Gasteiger partial charge in [0.25, 0.3) is 0 Å². The van der Waals surface area contributed by atoms with E-state index in [4.69, 9.17) is 9.15 Å². The maximum atomic E-state index is 13.5. The minimum absolute atomic E-state index is 0.00920. The third-order valence-corrected chi connectivity index (χ3v) is 6.78. The number of ether oxygens (including phenoxy) is 1. The van der Waals surface area contributed by atoms with Crippen LogP contribution in [0.1, 0.15) is 69.0 Å². The van der Waals surface area contributed by atoms with Crippen LogP contribution < -0.4 is 5.43 Å². The molecule has 0 unspecified atom stereocenters. The summed E-state index contributed by atoms with van der Waals surface area (Å²) in [5.74, 6) is -0.976. The van der Waals surface area contributed by atoms with E-state index in [1.807, 2.05) is 44.2 Å². The number of rotatable bonds is 5. The van der Waals surface area contributed by atoms with E-state index in [1.54, 1.807) is 13.0 Å². The summed E-state index contributed by atoms with van der Waals surface area (Å²) in [6.07, 6.45) is 0.499. The van der Waals surface area contributed by atoms with Crippen molar-refractivity contribution >= 4 is 22.5 Å². The predicted octanol–water partition coefficient (Wildman–Crippen LogP) is 5.42. The van der Waals surface area contributed by atoms with Crippen LogP contribution in [0.25, 0.3) is 11.0 Å². The van der Waals surface area contributed by atoms with Gasteiger partial charge in [0.2, 0.25) is 5.78 Å². The average molecular weight is 469 g/mol. The highest BCUT2D eigenvalue weighted by molar-refractivity contribution is 6.32. The lowest BCUT2D eigenvalue weighted by molar-refractivity contribution is -0.0648. The first-order valence-corrected chi connectivity index (χ1v) is 11.5. The number of phenols is 1. The molecule has 0 spiro atoms. The molecule has 1 aliphatic carbocycles. The molecule has 1 heterocycles. The lowest BCUT2D eigenvalue weighted by atomic mass is 9.81. The van der Waals surface area contributed by atoms with Gasteiger partial charge in [-0.2, -0.15) is 0 Å². The normalized spacial score (nSPS) is 14.5. The van der Waals surface area contributed by atoms with Gasteiger partial charge in [0.15, 0.2) is 11.2 Å². The molecule has 35 heavy (non-hydrogen) atoms. The number of fused-ring (bicyclic) bond motifs is 4. The number of carbonyl (C=O) groups is 2. The van der Waals surface area contributed by atoms with Crippen molar-refractivity contribution < 1.29 is 23.8 Å². The highest BCUT2D eigenvalue weighted by Gasteiger charge is 2.37. The zero-order valence-electron chi connectivity index (χ0n) is 19.7. The summed E-state index contributed by atoms with van der Waals surface area (Å²) in [4.78, 5) is 40.1. The Morgan fingerprint density at radius 2 is 1.66 bits per heavy atom. The minimum Gasteiger partial charge on any atom is -0.507 e. The first-order valence-electron chi connectivity index (χ1n) is 11.5. The molecule has 0 amide bonds. The molecule has 1 atom stereocenters. The first kappa shape index (κ1) is 22.7. The quantitative estimate of drug-likeness (QED) is 0.370. The Labute approximate surface area is 201 Å². The van der Waals surface area contributed by atoms with Crippen molar-refractivity contribution in [3.63, 3.8) is 0 Å². The molecule has 6 nitrogen and oxygen atoms in total. The second-order valence-electron chi connectivity index (χ2n) is 9.01. The topological polar surface area (TPSA) is 93.8 Å². The van der Waals surface area contributed by atoms with Gasteiger partial charge in [-0.15, -0.1) is 0 Å². The lowest BCUT2D eigenvalue weighted by Crippen LogP contribution is -2.27. The van der Waals surface area contributed by atoms with E-state index in [9.17, 15) is 19.5 Å². The number of hydrogen-bond acceptors (Lipinski definition) is 6. The number of ketones is 2. The lowest BCUT2D eigenvalue weighted by Gasteiger charge is -2.28. The molecule has 0 radical (unpaired) electrons. The van der Waals surface area contributed by atoms with E-state index >= 15 is 0 Å². The molecular formula is C29H24O6. The second-order valence-corrected chi connectivity index (χ2v) is 9.01. The monoisotopic (exact) mass is 468 g/mol. The number of aryl methyl sites for hydroxylation is 1. The Morgan fingerprint density at radius 1 is 0.914 bits per heavy atom. The number of phenolic OH excluding ortho intramolecular Hbond substituents is 1. The Hall–Kier alpha value is -4.03. The second kappa shape index (κ2) is 8.32. The predicted molar refractivity (Wildman–Crippen MR) is 131 cm³/mol. The molecule has 0 saturated heterocycles. The van der Waals surface area contributed by atoms with Gasteiger partial charge in [0.05, 0.1) is 23.1 Å². The van der Waals surface area contributed by atoms with Gasteiger partial charge in [0.1, 0.15) is 22.7 Å². The molecule has 5 rings (SSSR count). The summed E-state index contributed by atoms with van der Waals surface area (Å²) >= 11 is 0. The maximum absolute atomic E-state index is 13.5. The molecule has 0 saturated carbocycles. The van der Waals surface area contributed by atoms with Crippen LogP contribution in [-0.2, 0) is 16.9 Å². The highest BCUT2D eigenvalue weighted by atomic mass is 16.5.